The van der Waals surface area contributed by atoms with Gasteiger partial charge in [-0.1, -0.05) is 29.3 Å². The second-order valence-corrected chi connectivity index (χ2v) is 8.11. The van der Waals surface area contributed by atoms with Gasteiger partial charge in [-0.05, 0) is 47.5 Å². The summed E-state index contributed by atoms with van der Waals surface area (Å²) >= 11 is 12.0. The van der Waals surface area contributed by atoms with Gasteiger partial charge in [0.05, 0.1) is 29.9 Å². The number of ether oxygens (including phenoxy) is 1. The standard InChI is InChI=1S/C22H20Cl2N6O3/c1-28-18-19(26-21(28)27-25-11-13-4-7-15(33-3)8-5-13)29(2)22(32)30(20(18)31)12-14-6-9-16(23)17(24)10-14/h4-11H,12H2,1-3H3,(H,26,27)/b25-11-. The smallest absolute Gasteiger partial charge is 0.332 e. The Labute approximate surface area is 198 Å². The van der Waals surface area contributed by atoms with E-state index >= 15 is 0 Å². The summed E-state index contributed by atoms with van der Waals surface area (Å²) in [6.07, 6.45) is 1.61. The van der Waals surface area contributed by atoms with Crippen molar-refractivity contribution in [3.05, 3.63) is 84.5 Å². The zero-order valence-corrected chi connectivity index (χ0v) is 19.6. The van der Waals surface area contributed by atoms with Crippen molar-refractivity contribution >= 4 is 46.5 Å². The highest BCUT2D eigenvalue weighted by molar-refractivity contribution is 6.42. The predicted octanol–water partition coefficient (Wildman–Crippen LogP) is 3.24. The first kappa shape index (κ1) is 22.6. The van der Waals surface area contributed by atoms with E-state index in [9.17, 15) is 9.59 Å². The molecule has 11 heteroatoms. The van der Waals surface area contributed by atoms with Crippen LogP contribution in [0.1, 0.15) is 11.1 Å². The van der Waals surface area contributed by atoms with Crippen LogP contribution in [0.4, 0.5) is 5.95 Å². The first-order valence-corrected chi connectivity index (χ1v) is 10.6. The Balaban J connectivity index is 1.69. The van der Waals surface area contributed by atoms with Gasteiger partial charge in [-0.2, -0.15) is 10.1 Å². The Morgan fingerprint density at radius 3 is 2.45 bits per heavy atom. The molecule has 0 aliphatic rings. The number of aryl methyl sites for hydroxylation is 2. The molecule has 170 valence electrons. The van der Waals surface area contributed by atoms with Crippen molar-refractivity contribution in [1.82, 2.24) is 18.7 Å². The lowest BCUT2D eigenvalue weighted by Gasteiger charge is -2.09. The quantitative estimate of drug-likeness (QED) is 0.333. The highest BCUT2D eigenvalue weighted by atomic mass is 35.5. The van der Waals surface area contributed by atoms with Crippen LogP contribution in [0.2, 0.25) is 10.0 Å². The molecular weight excluding hydrogens is 467 g/mol. The van der Waals surface area contributed by atoms with Crippen LogP contribution < -0.4 is 21.4 Å². The van der Waals surface area contributed by atoms with Crippen molar-refractivity contribution in [3.63, 3.8) is 0 Å². The number of methoxy groups -OCH3 is 1. The van der Waals surface area contributed by atoms with Gasteiger partial charge >= 0.3 is 5.69 Å². The second-order valence-electron chi connectivity index (χ2n) is 7.29. The first-order chi connectivity index (χ1) is 15.8. The van der Waals surface area contributed by atoms with E-state index < -0.39 is 11.2 Å². The van der Waals surface area contributed by atoms with E-state index in [-0.39, 0.29) is 17.7 Å². The van der Waals surface area contributed by atoms with Crippen LogP contribution >= 0.6 is 23.2 Å². The Morgan fingerprint density at radius 2 is 1.79 bits per heavy atom. The van der Waals surface area contributed by atoms with Gasteiger partial charge in [0.15, 0.2) is 11.2 Å². The van der Waals surface area contributed by atoms with Crippen LogP contribution in [-0.4, -0.2) is 32.0 Å². The summed E-state index contributed by atoms with van der Waals surface area (Å²) in [5, 5.41) is 4.94. The molecule has 0 amide bonds. The van der Waals surface area contributed by atoms with Crippen LogP contribution in [0.25, 0.3) is 11.2 Å². The number of anilines is 1. The van der Waals surface area contributed by atoms with Crippen molar-refractivity contribution in [2.24, 2.45) is 19.2 Å². The molecule has 2 aromatic heterocycles. The monoisotopic (exact) mass is 486 g/mol. The third kappa shape index (κ3) is 4.37. The maximum Gasteiger partial charge on any atom is 0.332 e. The van der Waals surface area contributed by atoms with E-state index in [1.807, 2.05) is 24.3 Å². The summed E-state index contributed by atoms with van der Waals surface area (Å²) in [7, 11) is 4.84. The van der Waals surface area contributed by atoms with Crippen molar-refractivity contribution in [2.45, 2.75) is 6.54 Å². The number of fused-ring (bicyclic) bond motifs is 1. The lowest BCUT2D eigenvalue weighted by atomic mass is 10.2. The summed E-state index contributed by atoms with van der Waals surface area (Å²) < 4.78 is 9.16. The van der Waals surface area contributed by atoms with E-state index in [0.29, 0.717) is 21.6 Å². The second kappa shape index (κ2) is 9.13. The van der Waals surface area contributed by atoms with Gasteiger partial charge in [-0.3, -0.25) is 13.9 Å². The third-order valence-electron chi connectivity index (χ3n) is 5.18. The minimum atomic E-state index is -0.495. The van der Waals surface area contributed by atoms with Gasteiger partial charge in [0, 0.05) is 14.1 Å². The molecule has 0 atom stereocenters. The molecule has 0 fully saturated rings. The van der Waals surface area contributed by atoms with Crippen LogP contribution in [0, 0.1) is 0 Å². The fraction of sp³-hybridized carbons (Fsp3) is 0.182. The molecular formula is C22H20Cl2N6O3. The molecule has 2 heterocycles. The average Bonchev–Trinajstić information content (AvgIpc) is 3.14. The van der Waals surface area contributed by atoms with Crippen LogP contribution in [-0.2, 0) is 20.6 Å². The lowest BCUT2D eigenvalue weighted by molar-refractivity contribution is 0.415. The maximum atomic E-state index is 13.2. The van der Waals surface area contributed by atoms with E-state index in [4.69, 9.17) is 27.9 Å². The minimum Gasteiger partial charge on any atom is -0.497 e. The number of aromatic nitrogens is 4. The molecule has 0 bridgehead atoms. The number of nitrogens with one attached hydrogen (secondary N) is 1. The predicted molar refractivity (Wildman–Crippen MR) is 130 cm³/mol. The molecule has 0 unspecified atom stereocenters. The number of imidazole rings is 1. The summed E-state index contributed by atoms with van der Waals surface area (Å²) in [5.74, 6) is 1.06. The fourth-order valence-electron chi connectivity index (χ4n) is 3.36. The normalized spacial score (nSPS) is 11.4. The van der Waals surface area contributed by atoms with Crippen molar-refractivity contribution < 1.29 is 4.74 Å². The Bertz CT molecular complexity index is 1490. The number of hydrazone groups is 1. The summed E-state index contributed by atoms with van der Waals surface area (Å²) in [4.78, 5) is 30.5. The SMILES string of the molecule is COc1ccc(/C=N\Nc2nc3c(c(=O)n(Cc4ccc(Cl)c(Cl)c4)c(=O)n3C)n2C)cc1. The van der Waals surface area contributed by atoms with E-state index in [2.05, 4.69) is 15.5 Å². The number of hydrogen-bond acceptors (Lipinski definition) is 6. The number of halogens is 2. The van der Waals surface area contributed by atoms with Gasteiger partial charge in [0.25, 0.3) is 5.56 Å². The largest absolute Gasteiger partial charge is 0.497 e. The van der Waals surface area contributed by atoms with Crippen molar-refractivity contribution in [2.75, 3.05) is 12.5 Å². The highest BCUT2D eigenvalue weighted by Crippen LogP contribution is 2.23. The van der Waals surface area contributed by atoms with Gasteiger partial charge < -0.3 is 9.30 Å². The number of hydrogen-bond donors (Lipinski definition) is 1. The molecule has 1 N–H and O–H groups in total. The van der Waals surface area contributed by atoms with Crippen LogP contribution in [0.5, 0.6) is 5.75 Å². The van der Waals surface area contributed by atoms with Crippen molar-refractivity contribution in [1.29, 1.82) is 0 Å². The molecule has 4 rings (SSSR count). The Kier molecular flexibility index (Phi) is 6.26. The Hall–Kier alpha value is -3.56. The number of rotatable bonds is 6. The summed E-state index contributed by atoms with van der Waals surface area (Å²) in [5.41, 5.74) is 3.90. The molecule has 4 aromatic rings. The molecule has 9 nitrogen and oxygen atoms in total. The van der Waals surface area contributed by atoms with Crippen LogP contribution in [0.15, 0.2) is 57.2 Å². The van der Waals surface area contributed by atoms with Crippen LogP contribution in [0.3, 0.4) is 0 Å². The molecule has 0 aliphatic heterocycles. The molecule has 0 spiro atoms. The zero-order valence-electron chi connectivity index (χ0n) is 18.0. The summed E-state index contributed by atoms with van der Waals surface area (Å²) in [6, 6.07) is 12.3. The van der Waals surface area contributed by atoms with Gasteiger partial charge in [-0.15, -0.1) is 0 Å². The number of benzene rings is 2. The van der Waals surface area contributed by atoms with Gasteiger partial charge in [0.1, 0.15) is 5.75 Å². The Morgan fingerprint density at radius 1 is 1.06 bits per heavy atom. The van der Waals surface area contributed by atoms with Gasteiger partial charge in [-0.25, -0.2) is 10.2 Å². The molecule has 33 heavy (non-hydrogen) atoms. The average molecular weight is 487 g/mol. The maximum absolute atomic E-state index is 13.2. The topological polar surface area (TPSA) is 95.4 Å². The molecule has 0 saturated carbocycles. The highest BCUT2D eigenvalue weighted by Gasteiger charge is 2.18. The van der Waals surface area contributed by atoms with E-state index in [1.165, 1.54) is 4.57 Å². The van der Waals surface area contributed by atoms with Gasteiger partial charge in [0.2, 0.25) is 5.95 Å². The minimum absolute atomic E-state index is 0.0436. The molecule has 2 aromatic carbocycles. The third-order valence-corrected chi connectivity index (χ3v) is 5.92. The van der Waals surface area contributed by atoms with Crippen molar-refractivity contribution in [3.8, 4) is 5.75 Å². The molecule has 0 saturated heterocycles. The lowest BCUT2D eigenvalue weighted by Crippen LogP contribution is -2.39. The number of nitrogens with zero attached hydrogens (tertiary/aromatic N) is 5. The molecule has 0 radical (unpaired) electrons. The first-order valence-electron chi connectivity index (χ1n) is 9.83. The zero-order chi connectivity index (χ0) is 23.7. The summed E-state index contributed by atoms with van der Waals surface area (Å²) in [6.45, 7) is 0.0436. The fourth-order valence-corrected chi connectivity index (χ4v) is 3.68. The molecule has 0 aliphatic carbocycles. The van der Waals surface area contributed by atoms with E-state index in [1.54, 1.807) is 50.2 Å². The van der Waals surface area contributed by atoms with E-state index in [0.717, 1.165) is 15.9 Å².